The Balaban J connectivity index is 1.93. The van der Waals surface area contributed by atoms with Crippen LogP contribution in [0.25, 0.3) is 0 Å². The summed E-state index contributed by atoms with van der Waals surface area (Å²) in [6.45, 7) is 6.76. The molecule has 0 aliphatic carbocycles. The van der Waals surface area contributed by atoms with Crippen molar-refractivity contribution in [3.05, 3.63) is 52.3 Å². The molecule has 0 bridgehead atoms. The Hall–Kier alpha value is -2.14. The van der Waals surface area contributed by atoms with E-state index in [1.165, 1.54) is 5.56 Å². The van der Waals surface area contributed by atoms with Crippen molar-refractivity contribution in [2.24, 2.45) is 0 Å². The van der Waals surface area contributed by atoms with Crippen molar-refractivity contribution >= 4 is 5.91 Å². The lowest BCUT2D eigenvalue weighted by molar-refractivity contribution is -0.125. The fraction of sp³-hybridized carbons (Fsp3) is 0.474. The Labute approximate surface area is 144 Å². The first-order chi connectivity index (χ1) is 11.4. The SMILES string of the molecule is Cc1ccccc1[C@@H](C(=O)NCCCc1c(C)n[nH]c1C)N(C)C. The molecule has 1 aromatic carbocycles. The van der Waals surface area contributed by atoms with Crippen LogP contribution >= 0.6 is 0 Å². The predicted molar refractivity (Wildman–Crippen MR) is 97.0 cm³/mol. The van der Waals surface area contributed by atoms with E-state index < -0.39 is 0 Å². The second-order valence-electron chi connectivity index (χ2n) is 6.53. The van der Waals surface area contributed by atoms with Gasteiger partial charge in [-0.25, -0.2) is 0 Å². The molecule has 2 aromatic rings. The number of likely N-dealkylation sites (N-methyl/N-ethyl adjacent to an activating group) is 1. The number of nitrogens with one attached hydrogen (secondary N) is 2. The summed E-state index contributed by atoms with van der Waals surface area (Å²) in [6, 6.07) is 7.79. The Bertz CT molecular complexity index is 671. The Morgan fingerprint density at radius 1 is 1.25 bits per heavy atom. The highest BCUT2D eigenvalue weighted by Crippen LogP contribution is 2.22. The molecule has 0 aliphatic rings. The summed E-state index contributed by atoms with van der Waals surface area (Å²) < 4.78 is 0. The number of nitrogens with zero attached hydrogens (tertiary/aromatic N) is 2. The van der Waals surface area contributed by atoms with E-state index in [4.69, 9.17) is 0 Å². The maximum Gasteiger partial charge on any atom is 0.241 e. The van der Waals surface area contributed by atoms with Crippen LogP contribution in [0.15, 0.2) is 24.3 Å². The number of benzene rings is 1. The summed E-state index contributed by atoms with van der Waals surface area (Å²) in [4.78, 5) is 14.6. The van der Waals surface area contributed by atoms with Crippen molar-refractivity contribution in [2.45, 2.75) is 39.7 Å². The number of aromatic amines is 1. The third kappa shape index (κ3) is 4.23. The summed E-state index contributed by atoms with van der Waals surface area (Å²) in [5, 5.41) is 10.3. The van der Waals surface area contributed by atoms with Gasteiger partial charge in [-0.15, -0.1) is 0 Å². The van der Waals surface area contributed by atoms with Gasteiger partial charge in [0.15, 0.2) is 0 Å². The number of hydrogen-bond acceptors (Lipinski definition) is 3. The molecule has 0 radical (unpaired) electrons. The van der Waals surface area contributed by atoms with Gasteiger partial charge in [-0.2, -0.15) is 5.10 Å². The minimum absolute atomic E-state index is 0.0509. The van der Waals surface area contributed by atoms with Crippen molar-refractivity contribution in [3.8, 4) is 0 Å². The van der Waals surface area contributed by atoms with Crippen LogP contribution in [0.5, 0.6) is 0 Å². The van der Waals surface area contributed by atoms with Crippen LogP contribution in [-0.2, 0) is 11.2 Å². The average Bonchev–Trinajstić information content (AvgIpc) is 2.85. The normalized spacial score (nSPS) is 12.4. The number of carbonyl (C=O) groups excluding carboxylic acids is 1. The lowest BCUT2D eigenvalue weighted by atomic mass is 9.99. The topological polar surface area (TPSA) is 61.0 Å². The first kappa shape index (κ1) is 18.2. The maximum atomic E-state index is 12.7. The maximum absolute atomic E-state index is 12.7. The molecule has 0 saturated carbocycles. The van der Waals surface area contributed by atoms with Gasteiger partial charge in [0.2, 0.25) is 5.91 Å². The van der Waals surface area contributed by atoms with Gasteiger partial charge in [0, 0.05) is 12.2 Å². The van der Waals surface area contributed by atoms with Gasteiger partial charge in [0.05, 0.1) is 5.69 Å². The standard InChI is InChI=1S/C19H28N4O/c1-13-9-6-7-10-16(13)18(23(4)5)19(24)20-12-8-11-17-14(2)21-22-15(17)3/h6-7,9-10,18H,8,11-12H2,1-5H3,(H,20,24)(H,21,22)/t18-/m0/s1. The van der Waals surface area contributed by atoms with Gasteiger partial charge in [-0.05, 0) is 64.4 Å². The van der Waals surface area contributed by atoms with Crippen LogP contribution in [-0.4, -0.2) is 41.6 Å². The highest BCUT2D eigenvalue weighted by Gasteiger charge is 2.23. The fourth-order valence-electron chi connectivity index (χ4n) is 3.06. The zero-order valence-corrected chi connectivity index (χ0v) is 15.3. The van der Waals surface area contributed by atoms with Crippen LogP contribution in [0.1, 0.15) is 40.5 Å². The second kappa shape index (κ2) is 8.11. The molecule has 0 saturated heterocycles. The Morgan fingerprint density at radius 3 is 2.54 bits per heavy atom. The van der Waals surface area contributed by atoms with Gasteiger partial charge in [-0.3, -0.25) is 14.8 Å². The highest BCUT2D eigenvalue weighted by molar-refractivity contribution is 5.83. The molecule has 2 N–H and O–H groups in total. The van der Waals surface area contributed by atoms with Gasteiger partial charge in [0.25, 0.3) is 0 Å². The first-order valence-corrected chi connectivity index (χ1v) is 8.42. The molecule has 5 heteroatoms. The molecule has 0 unspecified atom stereocenters. The smallest absolute Gasteiger partial charge is 0.241 e. The van der Waals surface area contributed by atoms with Gasteiger partial charge >= 0.3 is 0 Å². The number of aromatic nitrogens is 2. The summed E-state index contributed by atoms with van der Waals surface area (Å²) in [5.41, 5.74) is 5.61. The van der Waals surface area contributed by atoms with Crippen LogP contribution in [0.4, 0.5) is 0 Å². The van der Waals surface area contributed by atoms with Gasteiger partial charge in [0.1, 0.15) is 6.04 Å². The van der Waals surface area contributed by atoms with Crippen molar-refractivity contribution in [3.63, 3.8) is 0 Å². The Morgan fingerprint density at radius 2 is 1.96 bits per heavy atom. The van der Waals surface area contributed by atoms with Crippen LogP contribution in [0.2, 0.25) is 0 Å². The van der Waals surface area contributed by atoms with E-state index in [9.17, 15) is 4.79 Å². The minimum atomic E-state index is -0.261. The minimum Gasteiger partial charge on any atom is -0.354 e. The van der Waals surface area contributed by atoms with Crippen molar-refractivity contribution in [1.82, 2.24) is 20.4 Å². The summed E-state index contributed by atoms with van der Waals surface area (Å²) in [5.74, 6) is 0.0509. The largest absolute Gasteiger partial charge is 0.354 e. The zero-order chi connectivity index (χ0) is 17.7. The zero-order valence-electron chi connectivity index (χ0n) is 15.3. The van der Waals surface area contributed by atoms with E-state index in [2.05, 4.69) is 15.5 Å². The number of hydrogen-bond donors (Lipinski definition) is 2. The van der Waals surface area contributed by atoms with E-state index in [0.29, 0.717) is 6.54 Å². The van der Waals surface area contributed by atoms with Gasteiger partial charge in [-0.1, -0.05) is 24.3 Å². The third-order valence-corrected chi connectivity index (χ3v) is 4.43. The van der Waals surface area contributed by atoms with Crippen molar-refractivity contribution in [1.29, 1.82) is 0 Å². The monoisotopic (exact) mass is 328 g/mol. The van der Waals surface area contributed by atoms with Gasteiger partial charge < -0.3 is 5.32 Å². The first-order valence-electron chi connectivity index (χ1n) is 8.42. The molecule has 130 valence electrons. The van der Waals surface area contributed by atoms with Crippen molar-refractivity contribution < 1.29 is 4.79 Å². The predicted octanol–water partition coefficient (Wildman–Crippen LogP) is 2.69. The molecule has 1 heterocycles. The molecule has 0 spiro atoms. The molecule has 0 aliphatic heterocycles. The second-order valence-corrected chi connectivity index (χ2v) is 6.53. The molecule has 24 heavy (non-hydrogen) atoms. The van der Waals surface area contributed by atoms with Crippen LogP contribution in [0.3, 0.4) is 0 Å². The molecule has 1 atom stereocenters. The fourth-order valence-corrected chi connectivity index (χ4v) is 3.06. The number of carbonyl (C=O) groups is 1. The van der Waals surface area contributed by atoms with E-state index in [-0.39, 0.29) is 11.9 Å². The van der Waals surface area contributed by atoms with Crippen LogP contribution < -0.4 is 5.32 Å². The highest BCUT2D eigenvalue weighted by atomic mass is 16.2. The average molecular weight is 328 g/mol. The number of rotatable bonds is 7. The lowest BCUT2D eigenvalue weighted by Gasteiger charge is -2.25. The van der Waals surface area contributed by atoms with E-state index in [0.717, 1.165) is 35.4 Å². The van der Waals surface area contributed by atoms with E-state index in [1.807, 2.05) is 64.0 Å². The molecule has 1 aromatic heterocycles. The molecule has 0 fully saturated rings. The summed E-state index contributed by atoms with van der Waals surface area (Å²) >= 11 is 0. The number of amides is 1. The van der Waals surface area contributed by atoms with E-state index in [1.54, 1.807) is 0 Å². The number of H-pyrrole nitrogens is 1. The molecule has 1 amide bonds. The molecular weight excluding hydrogens is 300 g/mol. The lowest BCUT2D eigenvalue weighted by Crippen LogP contribution is -2.38. The van der Waals surface area contributed by atoms with Crippen molar-refractivity contribution in [2.75, 3.05) is 20.6 Å². The summed E-state index contributed by atoms with van der Waals surface area (Å²) in [7, 11) is 3.88. The molecule has 5 nitrogen and oxygen atoms in total. The third-order valence-electron chi connectivity index (χ3n) is 4.43. The quantitative estimate of drug-likeness (QED) is 0.768. The summed E-state index contributed by atoms with van der Waals surface area (Å²) in [6.07, 6.45) is 1.83. The molecule has 2 rings (SSSR count). The van der Waals surface area contributed by atoms with Crippen LogP contribution in [0, 0.1) is 20.8 Å². The Kier molecular flexibility index (Phi) is 6.15. The molecular formula is C19H28N4O. The number of aryl methyl sites for hydroxylation is 3. The van der Waals surface area contributed by atoms with E-state index >= 15 is 0 Å².